The quantitative estimate of drug-likeness (QED) is 0.454. The maximum absolute atomic E-state index is 5.75. The van der Waals surface area contributed by atoms with E-state index >= 15 is 0 Å². The fourth-order valence-electron chi connectivity index (χ4n) is 1.77. The maximum atomic E-state index is 5.75. The van der Waals surface area contributed by atoms with Gasteiger partial charge < -0.3 is 9.47 Å². The fraction of sp³-hybridized carbons (Fsp3) is 0.222. The molecule has 0 unspecified atom stereocenters. The summed E-state index contributed by atoms with van der Waals surface area (Å²) in [7, 11) is 0. The lowest BCUT2D eigenvalue weighted by molar-refractivity contribution is 0.247. The molecule has 108 valence electrons. The molecule has 0 aliphatic heterocycles. The van der Waals surface area contributed by atoms with E-state index in [4.69, 9.17) is 21.1 Å². The van der Waals surface area contributed by atoms with E-state index in [1.807, 2.05) is 54.6 Å². The van der Waals surface area contributed by atoms with Crippen LogP contribution in [0.5, 0.6) is 11.5 Å². The summed E-state index contributed by atoms with van der Waals surface area (Å²) in [4.78, 5) is 0. The van der Waals surface area contributed by atoms with E-state index in [1.54, 1.807) is 0 Å². The molecule has 21 heavy (non-hydrogen) atoms. The highest BCUT2D eigenvalue weighted by molar-refractivity contribution is 6.19. The van der Waals surface area contributed by atoms with Crippen LogP contribution in [0.3, 0.4) is 0 Å². The van der Waals surface area contributed by atoms with E-state index < -0.39 is 0 Å². The van der Waals surface area contributed by atoms with Crippen LogP contribution in [0.1, 0.15) is 12.0 Å². The molecule has 0 bridgehead atoms. The molecule has 0 saturated heterocycles. The highest BCUT2D eigenvalue weighted by Crippen LogP contribution is 2.17. The van der Waals surface area contributed by atoms with Crippen LogP contribution in [0.4, 0.5) is 0 Å². The number of hydrogen-bond acceptors (Lipinski definition) is 2. The highest BCUT2D eigenvalue weighted by Gasteiger charge is 2.00. The summed E-state index contributed by atoms with van der Waals surface area (Å²) in [6, 6.07) is 17.5. The lowest BCUT2D eigenvalue weighted by Crippen LogP contribution is -2.05. The van der Waals surface area contributed by atoms with Gasteiger partial charge in [0, 0.05) is 6.42 Å². The minimum absolute atomic E-state index is 0.319. The van der Waals surface area contributed by atoms with Gasteiger partial charge in [-0.15, -0.1) is 11.6 Å². The van der Waals surface area contributed by atoms with Gasteiger partial charge in [0.2, 0.25) is 0 Å². The first-order valence-corrected chi connectivity index (χ1v) is 7.38. The molecular weight excluding hydrogens is 284 g/mol. The lowest BCUT2D eigenvalue weighted by atomic mass is 10.2. The molecule has 0 aliphatic carbocycles. The Kier molecular flexibility index (Phi) is 6.51. The number of ether oxygens (including phenoxy) is 2. The summed E-state index contributed by atoms with van der Waals surface area (Å²) in [5.74, 6) is 7.82. The molecule has 0 radical (unpaired) electrons. The van der Waals surface area contributed by atoms with Crippen molar-refractivity contribution in [1.82, 2.24) is 0 Å². The number of benzene rings is 2. The third-order valence-electron chi connectivity index (χ3n) is 2.74. The average molecular weight is 301 g/mol. The van der Waals surface area contributed by atoms with Crippen molar-refractivity contribution >= 4 is 11.6 Å². The second-order valence-electron chi connectivity index (χ2n) is 4.30. The minimum Gasteiger partial charge on any atom is -0.493 e. The van der Waals surface area contributed by atoms with Gasteiger partial charge >= 0.3 is 0 Å². The summed E-state index contributed by atoms with van der Waals surface area (Å²) in [6.07, 6.45) is 0.812. The molecule has 0 atom stereocenters. The first-order chi connectivity index (χ1) is 10.4. The Morgan fingerprint density at radius 2 is 1.57 bits per heavy atom. The maximum Gasteiger partial charge on any atom is 0.134 e. The molecule has 2 aromatic carbocycles. The van der Waals surface area contributed by atoms with E-state index in [1.165, 1.54) is 0 Å². The summed E-state index contributed by atoms with van der Waals surface area (Å²) >= 11 is 5.58. The Bertz CT molecular complexity index is 599. The van der Waals surface area contributed by atoms with Crippen LogP contribution in [0.25, 0.3) is 0 Å². The van der Waals surface area contributed by atoms with Crippen LogP contribution in [0, 0.1) is 11.8 Å². The Morgan fingerprint density at radius 3 is 2.38 bits per heavy atom. The molecule has 0 amide bonds. The number of hydrogen-bond donors (Lipinski definition) is 0. The zero-order valence-electron chi connectivity index (χ0n) is 11.7. The molecule has 2 aromatic rings. The van der Waals surface area contributed by atoms with Crippen LogP contribution >= 0.6 is 11.6 Å². The van der Waals surface area contributed by atoms with E-state index in [9.17, 15) is 0 Å². The third-order valence-corrected chi connectivity index (χ3v) is 2.87. The normalized spacial score (nSPS) is 9.57. The van der Waals surface area contributed by atoms with E-state index in [2.05, 4.69) is 11.8 Å². The molecule has 0 N–H and O–H groups in total. The van der Waals surface area contributed by atoms with Crippen LogP contribution < -0.4 is 9.47 Å². The van der Waals surface area contributed by atoms with Gasteiger partial charge in [-0.05, 0) is 24.3 Å². The molecule has 0 spiro atoms. The first kappa shape index (κ1) is 15.3. The van der Waals surface area contributed by atoms with Crippen LogP contribution in [0.15, 0.2) is 54.6 Å². The molecule has 0 saturated carbocycles. The van der Waals surface area contributed by atoms with Crippen LogP contribution in [-0.4, -0.2) is 19.1 Å². The Balaban J connectivity index is 1.76. The average Bonchev–Trinajstić information content (AvgIpc) is 2.54. The molecular formula is C18H17ClO2. The predicted molar refractivity (Wildman–Crippen MR) is 86.1 cm³/mol. The SMILES string of the molecule is ClCC#Cc1ccccc1OCCCOc1ccccc1. The number of alkyl halides is 1. The number of halogens is 1. The van der Waals surface area contributed by atoms with Crippen LogP contribution in [0.2, 0.25) is 0 Å². The minimum atomic E-state index is 0.319. The smallest absolute Gasteiger partial charge is 0.134 e. The fourth-order valence-corrected chi connectivity index (χ4v) is 1.84. The zero-order chi connectivity index (χ0) is 14.8. The van der Waals surface area contributed by atoms with Crippen molar-refractivity contribution in [3.8, 4) is 23.3 Å². The molecule has 0 aromatic heterocycles. The van der Waals surface area contributed by atoms with Crippen molar-refractivity contribution in [3.63, 3.8) is 0 Å². The third kappa shape index (κ3) is 5.41. The predicted octanol–water partition coefficient (Wildman–Crippen LogP) is 4.12. The van der Waals surface area contributed by atoms with Crippen molar-refractivity contribution in [2.75, 3.05) is 19.1 Å². The van der Waals surface area contributed by atoms with E-state index in [0.717, 1.165) is 23.5 Å². The molecule has 0 fully saturated rings. The molecule has 2 rings (SSSR count). The van der Waals surface area contributed by atoms with Crippen molar-refractivity contribution in [2.45, 2.75) is 6.42 Å². The van der Waals surface area contributed by atoms with Crippen molar-refractivity contribution in [1.29, 1.82) is 0 Å². The standard InChI is InChI=1S/C18H17ClO2/c19-13-6-9-16-8-4-5-12-18(16)21-15-7-14-20-17-10-2-1-3-11-17/h1-5,8,10-12H,7,13-15H2. The van der Waals surface area contributed by atoms with Gasteiger partial charge in [-0.25, -0.2) is 0 Å². The van der Waals surface area contributed by atoms with Crippen molar-refractivity contribution in [3.05, 3.63) is 60.2 Å². The van der Waals surface area contributed by atoms with Crippen molar-refractivity contribution < 1.29 is 9.47 Å². The number of rotatable bonds is 6. The van der Waals surface area contributed by atoms with Gasteiger partial charge in [0.1, 0.15) is 11.5 Å². The monoisotopic (exact) mass is 300 g/mol. The van der Waals surface area contributed by atoms with Gasteiger partial charge in [0.25, 0.3) is 0 Å². The van der Waals surface area contributed by atoms with Gasteiger partial charge in [0.05, 0.1) is 24.7 Å². The highest BCUT2D eigenvalue weighted by atomic mass is 35.5. The summed E-state index contributed by atoms with van der Waals surface area (Å²) in [6.45, 7) is 1.21. The topological polar surface area (TPSA) is 18.5 Å². The van der Waals surface area contributed by atoms with Crippen LogP contribution in [-0.2, 0) is 0 Å². The van der Waals surface area contributed by atoms with Gasteiger partial charge in [-0.3, -0.25) is 0 Å². The summed E-state index contributed by atoms with van der Waals surface area (Å²) in [5, 5.41) is 0. The largest absolute Gasteiger partial charge is 0.493 e. The van der Waals surface area contributed by atoms with Crippen molar-refractivity contribution in [2.24, 2.45) is 0 Å². The van der Waals surface area contributed by atoms with Gasteiger partial charge in [-0.2, -0.15) is 0 Å². The Labute approximate surface area is 130 Å². The summed E-state index contributed by atoms with van der Waals surface area (Å²) in [5.41, 5.74) is 0.863. The van der Waals surface area contributed by atoms with E-state index in [-0.39, 0.29) is 0 Å². The second kappa shape index (κ2) is 8.94. The van der Waals surface area contributed by atoms with E-state index in [0.29, 0.717) is 19.1 Å². The van der Waals surface area contributed by atoms with Gasteiger partial charge in [0.15, 0.2) is 0 Å². The zero-order valence-corrected chi connectivity index (χ0v) is 12.5. The lowest BCUT2D eigenvalue weighted by Gasteiger charge is -2.09. The number of para-hydroxylation sites is 2. The second-order valence-corrected chi connectivity index (χ2v) is 4.56. The Hall–Kier alpha value is -2.11. The molecule has 0 heterocycles. The molecule has 3 heteroatoms. The molecule has 0 aliphatic rings. The summed E-state index contributed by atoms with van der Waals surface area (Å²) < 4.78 is 11.4. The first-order valence-electron chi connectivity index (χ1n) is 6.84. The Morgan fingerprint density at radius 1 is 0.857 bits per heavy atom. The van der Waals surface area contributed by atoms with Gasteiger partial charge in [-0.1, -0.05) is 42.2 Å². The molecule has 2 nitrogen and oxygen atoms in total.